The molecule has 1 N–H and O–H groups in total. The van der Waals surface area contributed by atoms with Gasteiger partial charge < -0.3 is 9.84 Å². The normalized spacial score (nSPS) is 12.6. The van der Waals surface area contributed by atoms with E-state index in [2.05, 4.69) is 4.98 Å². The molecule has 0 aliphatic heterocycles. The molecule has 0 amide bonds. The Morgan fingerprint density at radius 3 is 2.71 bits per heavy atom. The van der Waals surface area contributed by atoms with Crippen LogP contribution >= 0.6 is 0 Å². The third-order valence-corrected chi connectivity index (χ3v) is 2.66. The Bertz CT molecular complexity index is 343. The Hall–Kier alpha value is -1.46. The van der Waals surface area contributed by atoms with Crippen molar-refractivity contribution in [3.8, 4) is 0 Å². The highest BCUT2D eigenvalue weighted by atomic mass is 16.5. The summed E-state index contributed by atoms with van der Waals surface area (Å²) >= 11 is 0. The zero-order chi connectivity index (χ0) is 12.7. The summed E-state index contributed by atoms with van der Waals surface area (Å²) in [6.07, 6.45) is 3.42. The number of carboxylic acid groups (broad SMARTS) is 1. The Balaban J connectivity index is 2.71. The van der Waals surface area contributed by atoms with Gasteiger partial charge in [-0.1, -0.05) is 0 Å². The maximum Gasteiger partial charge on any atom is 0.317 e. The van der Waals surface area contributed by atoms with Crippen LogP contribution in [0.2, 0.25) is 0 Å². The Morgan fingerprint density at radius 2 is 2.18 bits per heavy atom. The highest BCUT2D eigenvalue weighted by molar-refractivity contribution is 5.69. The summed E-state index contributed by atoms with van der Waals surface area (Å²) in [6, 6.07) is 3.82. The molecule has 1 atom stereocenters. The fourth-order valence-corrected chi connectivity index (χ4v) is 1.64. The molecule has 0 fully saturated rings. The second-order valence-corrected chi connectivity index (χ2v) is 3.81. The van der Waals surface area contributed by atoms with Crippen LogP contribution in [0.3, 0.4) is 0 Å². The Kier molecular flexibility index (Phi) is 5.59. The van der Waals surface area contributed by atoms with Crippen LogP contribution in [0.15, 0.2) is 24.5 Å². The lowest BCUT2D eigenvalue weighted by Crippen LogP contribution is -2.35. The van der Waals surface area contributed by atoms with Gasteiger partial charge in [0.2, 0.25) is 0 Å². The molecule has 1 heterocycles. The first-order chi connectivity index (χ1) is 8.15. The number of methoxy groups -OCH3 is 1. The van der Waals surface area contributed by atoms with E-state index in [0.29, 0.717) is 13.2 Å². The molecule has 5 heteroatoms. The van der Waals surface area contributed by atoms with Crippen molar-refractivity contribution >= 4 is 5.97 Å². The number of aromatic nitrogens is 1. The van der Waals surface area contributed by atoms with Crippen molar-refractivity contribution in [3.05, 3.63) is 30.1 Å². The van der Waals surface area contributed by atoms with Crippen molar-refractivity contribution < 1.29 is 14.6 Å². The summed E-state index contributed by atoms with van der Waals surface area (Å²) in [5.74, 6) is -0.831. The van der Waals surface area contributed by atoms with E-state index < -0.39 is 5.97 Å². The van der Waals surface area contributed by atoms with E-state index in [1.54, 1.807) is 19.5 Å². The molecule has 1 unspecified atom stereocenters. The van der Waals surface area contributed by atoms with Crippen LogP contribution in [-0.4, -0.2) is 47.8 Å². The molecule has 0 saturated heterocycles. The molecule has 5 nitrogen and oxygen atoms in total. The molecule has 94 valence electrons. The quantitative estimate of drug-likeness (QED) is 0.772. The van der Waals surface area contributed by atoms with Crippen LogP contribution in [0.4, 0.5) is 0 Å². The van der Waals surface area contributed by atoms with Crippen LogP contribution in [0, 0.1) is 0 Å². The standard InChI is InChI=1S/C12H18N2O3/c1-10(11-3-5-13-6-4-11)14(7-8-17-2)9-12(15)16/h3-6,10H,7-9H2,1-2H3,(H,15,16). The van der Waals surface area contributed by atoms with Gasteiger partial charge in [-0.3, -0.25) is 14.7 Å². The minimum atomic E-state index is -0.831. The van der Waals surface area contributed by atoms with Gasteiger partial charge in [-0.25, -0.2) is 0 Å². The maximum atomic E-state index is 10.8. The van der Waals surface area contributed by atoms with E-state index in [1.807, 2.05) is 24.0 Å². The zero-order valence-corrected chi connectivity index (χ0v) is 10.2. The number of rotatable bonds is 7. The second kappa shape index (κ2) is 6.98. The van der Waals surface area contributed by atoms with Crippen molar-refractivity contribution in [2.45, 2.75) is 13.0 Å². The summed E-state index contributed by atoms with van der Waals surface area (Å²) in [5, 5.41) is 8.88. The summed E-state index contributed by atoms with van der Waals surface area (Å²) in [4.78, 5) is 16.6. The van der Waals surface area contributed by atoms with Crippen LogP contribution in [0.5, 0.6) is 0 Å². The Morgan fingerprint density at radius 1 is 1.53 bits per heavy atom. The summed E-state index contributed by atoms with van der Waals surface area (Å²) in [6.45, 7) is 3.09. The van der Waals surface area contributed by atoms with Crippen molar-refractivity contribution in [1.82, 2.24) is 9.88 Å². The first-order valence-electron chi connectivity index (χ1n) is 5.50. The number of ether oxygens (including phenoxy) is 1. The zero-order valence-electron chi connectivity index (χ0n) is 10.2. The van der Waals surface area contributed by atoms with Crippen molar-refractivity contribution in [2.75, 3.05) is 26.8 Å². The monoisotopic (exact) mass is 238 g/mol. The second-order valence-electron chi connectivity index (χ2n) is 3.81. The SMILES string of the molecule is COCCN(CC(=O)O)C(C)c1ccncc1. The molecular formula is C12H18N2O3. The van der Waals surface area contributed by atoms with Gasteiger partial charge in [0, 0.05) is 32.1 Å². The molecule has 1 aromatic rings. The molecule has 0 bridgehead atoms. The van der Waals surface area contributed by atoms with Gasteiger partial charge in [0.15, 0.2) is 0 Å². The molecular weight excluding hydrogens is 220 g/mol. The van der Waals surface area contributed by atoms with Gasteiger partial charge in [-0.15, -0.1) is 0 Å². The molecule has 1 aromatic heterocycles. The first-order valence-corrected chi connectivity index (χ1v) is 5.50. The average molecular weight is 238 g/mol. The van der Waals surface area contributed by atoms with Crippen LogP contribution in [-0.2, 0) is 9.53 Å². The Labute approximate surface area is 101 Å². The lowest BCUT2D eigenvalue weighted by Gasteiger charge is -2.27. The van der Waals surface area contributed by atoms with E-state index in [-0.39, 0.29) is 12.6 Å². The molecule has 0 aliphatic rings. The third kappa shape index (κ3) is 4.50. The van der Waals surface area contributed by atoms with Crippen LogP contribution < -0.4 is 0 Å². The number of nitrogens with zero attached hydrogens (tertiary/aromatic N) is 2. The molecule has 0 aromatic carbocycles. The van der Waals surface area contributed by atoms with Crippen molar-refractivity contribution in [2.24, 2.45) is 0 Å². The van der Waals surface area contributed by atoms with E-state index in [1.165, 1.54) is 0 Å². The van der Waals surface area contributed by atoms with E-state index >= 15 is 0 Å². The van der Waals surface area contributed by atoms with Crippen LogP contribution in [0.1, 0.15) is 18.5 Å². The number of pyridine rings is 1. The largest absolute Gasteiger partial charge is 0.480 e. The fraction of sp³-hybridized carbons (Fsp3) is 0.500. The van der Waals surface area contributed by atoms with E-state index in [4.69, 9.17) is 9.84 Å². The molecule has 0 aliphatic carbocycles. The molecule has 0 saturated carbocycles. The number of hydrogen-bond donors (Lipinski definition) is 1. The molecule has 0 spiro atoms. The first kappa shape index (κ1) is 13.6. The molecule has 17 heavy (non-hydrogen) atoms. The van der Waals surface area contributed by atoms with E-state index in [9.17, 15) is 4.79 Å². The van der Waals surface area contributed by atoms with Gasteiger partial charge in [0.05, 0.1) is 13.2 Å². The summed E-state index contributed by atoms with van der Waals surface area (Å²) in [7, 11) is 1.61. The molecule has 1 rings (SSSR count). The topological polar surface area (TPSA) is 62.7 Å². The van der Waals surface area contributed by atoms with Gasteiger partial charge in [-0.2, -0.15) is 0 Å². The van der Waals surface area contributed by atoms with Gasteiger partial charge >= 0.3 is 5.97 Å². The predicted octanol–water partition coefficient (Wildman–Crippen LogP) is 1.18. The number of carbonyl (C=O) groups is 1. The predicted molar refractivity (Wildman–Crippen MR) is 63.7 cm³/mol. The third-order valence-electron chi connectivity index (χ3n) is 2.66. The summed E-state index contributed by atoms with van der Waals surface area (Å²) in [5.41, 5.74) is 1.05. The average Bonchev–Trinajstić information content (AvgIpc) is 2.34. The smallest absolute Gasteiger partial charge is 0.317 e. The van der Waals surface area contributed by atoms with Crippen molar-refractivity contribution in [3.63, 3.8) is 0 Å². The highest BCUT2D eigenvalue weighted by Gasteiger charge is 2.17. The highest BCUT2D eigenvalue weighted by Crippen LogP contribution is 2.18. The minimum Gasteiger partial charge on any atom is -0.480 e. The lowest BCUT2D eigenvalue weighted by atomic mass is 10.1. The molecule has 0 radical (unpaired) electrons. The minimum absolute atomic E-state index is 0.00680. The number of carboxylic acids is 1. The van der Waals surface area contributed by atoms with Crippen molar-refractivity contribution in [1.29, 1.82) is 0 Å². The number of hydrogen-bond acceptors (Lipinski definition) is 4. The lowest BCUT2D eigenvalue weighted by molar-refractivity contribution is -0.139. The van der Waals surface area contributed by atoms with Gasteiger partial charge in [0.1, 0.15) is 0 Å². The fourth-order valence-electron chi connectivity index (χ4n) is 1.64. The maximum absolute atomic E-state index is 10.8. The van der Waals surface area contributed by atoms with Gasteiger partial charge in [0.25, 0.3) is 0 Å². The van der Waals surface area contributed by atoms with E-state index in [0.717, 1.165) is 5.56 Å². The number of aliphatic carboxylic acids is 1. The van der Waals surface area contributed by atoms with Crippen LogP contribution in [0.25, 0.3) is 0 Å². The summed E-state index contributed by atoms with van der Waals surface area (Å²) < 4.78 is 4.99. The van der Waals surface area contributed by atoms with Gasteiger partial charge in [-0.05, 0) is 24.6 Å².